The summed E-state index contributed by atoms with van der Waals surface area (Å²) in [6.45, 7) is 6.84. The van der Waals surface area contributed by atoms with Crippen LogP contribution in [0.1, 0.15) is 37.2 Å². The van der Waals surface area contributed by atoms with E-state index in [0.29, 0.717) is 34.3 Å². The zero-order valence-electron chi connectivity index (χ0n) is 13.2. The zero-order chi connectivity index (χ0) is 16.8. The van der Waals surface area contributed by atoms with Crippen LogP contribution in [0.5, 0.6) is 0 Å². The average Bonchev–Trinajstić information content (AvgIpc) is 2.93. The molecule has 1 aromatic carbocycles. The molecule has 2 rings (SSSR count). The first-order valence-electron chi connectivity index (χ1n) is 7.28. The number of rotatable bonds is 5. The van der Waals surface area contributed by atoms with Gasteiger partial charge >= 0.3 is 0 Å². The molecule has 8 heteroatoms. The Hall–Kier alpha value is -1.79. The van der Waals surface area contributed by atoms with E-state index in [-0.39, 0.29) is 6.04 Å². The molecule has 1 atom stereocenters. The maximum absolute atomic E-state index is 6.07. The van der Waals surface area contributed by atoms with E-state index in [1.807, 2.05) is 26.0 Å². The number of hydrogen-bond acceptors (Lipinski definition) is 4. The summed E-state index contributed by atoms with van der Waals surface area (Å²) in [5, 5.41) is 11.4. The molecule has 0 saturated carbocycles. The van der Waals surface area contributed by atoms with Gasteiger partial charge in [0.1, 0.15) is 6.54 Å². The molecule has 0 fully saturated rings. The van der Waals surface area contributed by atoms with Gasteiger partial charge in [0.15, 0.2) is 11.8 Å². The molecule has 0 aliphatic carbocycles. The van der Waals surface area contributed by atoms with Gasteiger partial charge in [-0.2, -0.15) is 4.98 Å². The Morgan fingerprint density at radius 3 is 2.74 bits per heavy atom. The Bertz CT molecular complexity index is 686. The van der Waals surface area contributed by atoms with E-state index in [0.717, 1.165) is 12.1 Å². The van der Waals surface area contributed by atoms with Crippen molar-refractivity contribution in [3.8, 4) is 0 Å². The fraction of sp³-hybridized carbons (Fsp3) is 0.400. The molecule has 1 unspecified atom stereocenters. The van der Waals surface area contributed by atoms with Gasteiger partial charge in [-0.25, -0.2) is 4.99 Å². The van der Waals surface area contributed by atoms with E-state index in [9.17, 15) is 0 Å². The number of aryl methyl sites for hydroxylation is 1. The normalized spacial score (nSPS) is 13.0. The summed E-state index contributed by atoms with van der Waals surface area (Å²) in [6, 6.07) is 5.56. The third kappa shape index (κ3) is 5.11. The summed E-state index contributed by atoms with van der Waals surface area (Å²) in [7, 11) is 0. The summed E-state index contributed by atoms with van der Waals surface area (Å²) in [5.74, 6) is 1.73. The van der Waals surface area contributed by atoms with Crippen LogP contribution in [0.2, 0.25) is 10.0 Å². The fourth-order valence-corrected chi connectivity index (χ4v) is 2.25. The number of nitrogens with zero attached hydrogens (tertiary/aromatic N) is 3. The Balaban J connectivity index is 2.06. The van der Waals surface area contributed by atoms with Crippen molar-refractivity contribution >= 4 is 29.2 Å². The van der Waals surface area contributed by atoms with Crippen LogP contribution in [0.3, 0.4) is 0 Å². The fourth-order valence-electron chi connectivity index (χ4n) is 1.95. The van der Waals surface area contributed by atoms with Crippen LogP contribution in [0, 0.1) is 6.92 Å². The minimum Gasteiger partial charge on any atom is -0.357 e. The molecule has 0 spiro atoms. The van der Waals surface area contributed by atoms with Crippen molar-refractivity contribution in [2.24, 2.45) is 4.99 Å². The van der Waals surface area contributed by atoms with Crippen molar-refractivity contribution in [1.29, 1.82) is 0 Å². The number of benzene rings is 1. The predicted octanol–water partition coefficient (Wildman–Crippen LogP) is 3.50. The first kappa shape index (κ1) is 17.6. The first-order valence-corrected chi connectivity index (χ1v) is 8.04. The Morgan fingerprint density at radius 1 is 1.35 bits per heavy atom. The van der Waals surface area contributed by atoms with Crippen LogP contribution in [-0.2, 0) is 6.54 Å². The van der Waals surface area contributed by atoms with Gasteiger partial charge in [-0.05, 0) is 31.5 Å². The van der Waals surface area contributed by atoms with Gasteiger partial charge in [0.25, 0.3) is 0 Å². The van der Waals surface area contributed by atoms with Gasteiger partial charge in [-0.1, -0.05) is 34.4 Å². The van der Waals surface area contributed by atoms with Gasteiger partial charge in [-0.15, -0.1) is 0 Å². The molecule has 1 heterocycles. The molecule has 1 aromatic heterocycles. The standard InChI is InChI=1S/C15H19Cl2N5O/c1-4-18-15(19-8-14-21-10(3)23-22-14)20-9(2)11-5-6-12(16)13(17)7-11/h5-7,9H,4,8H2,1-3H3,(H2,18,19,20). The number of aliphatic imine (C=N–C) groups is 1. The number of hydrogen-bond donors (Lipinski definition) is 2. The molecule has 2 N–H and O–H groups in total. The van der Waals surface area contributed by atoms with E-state index in [1.165, 1.54) is 0 Å². The molecule has 0 aliphatic heterocycles. The highest BCUT2D eigenvalue weighted by atomic mass is 35.5. The monoisotopic (exact) mass is 355 g/mol. The maximum atomic E-state index is 6.07. The van der Waals surface area contributed by atoms with E-state index in [2.05, 4.69) is 25.8 Å². The van der Waals surface area contributed by atoms with Crippen LogP contribution in [0.25, 0.3) is 0 Å². The predicted molar refractivity (Wildman–Crippen MR) is 91.9 cm³/mol. The molecule has 0 aliphatic rings. The molecular weight excluding hydrogens is 337 g/mol. The van der Waals surface area contributed by atoms with Gasteiger partial charge in [0.2, 0.25) is 5.89 Å². The molecule has 2 aromatic rings. The van der Waals surface area contributed by atoms with E-state index >= 15 is 0 Å². The van der Waals surface area contributed by atoms with E-state index < -0.39 is 0 Å². The Morgan fingerprint density at radius 2 is 2.13 bits per heavy atom. The number of aromatic nitrogens is 2. The molecule has 0 radical (unpaired) electrons. The number of guanidine groups is 1. The van der Waals surface area contributed by atoms with Crippen LogP contribution < -0.4 is 10.6 Å². The minimum atomic E-state index is 0.00886. The molecule has 0 bridgehead atoms. The van der Waals surface area contributed by atoms with Crippen molar-refractivity contribution in [3.63, 3.8) is 0 Å². The summed E-state index contributed by atoms with van der Waals surface area (Å²) in [5.41, 5.74) is 1.01. The van der Waals surface area contributed by atoms with Gasteiger partial charge in [0.05, 0.1) is 16.1 Å². The third-order valence-corrected chi connectivity index (χ3v) is 3.83. The lowest BCUT2D eigenvalue weighted by Gasteiger charge is -2.18. The van der Waals surface area contributed by atoms with Crippen LogP contribution >= 0.6 is 23.2 Å². The summed E-state index contributed by atoms with van der Waals surface area (Å²) < 4.78 is 4.93. The average molecular weight is 356 g/mol. The van der Waals surface area contributed by atoms with E-state index in [4.69, 9.17) is 27.7 Å². The third-order valence-electron chi connectivity index (χ3n) is 3.09. The lowest BCUT2D eigenvalue weighted by atomic mass is 10.1. The number of nitrogens with one attached hydrogen (secondary N) is 2. The van der Waals surface area contributed by atoms with Crippen LogP contribution in [-0.4, -0.2) is 22.6 Å². The molecule has 124 valence electrons. The second-order valence-electron chi connectivity index (χ2n) is 4.96. The lowest BCUT2D eigenvalue weighted by molar-refractivity contribution is 0.387. The Kier molecular flexibility index (Phi) is 6.24. The van der Waals surface area contributed by atoms with E-state index in [1.54, 1.807) is 13.0 Å². The van der Waals surface area contributed by atoms with Crippen LogP contribution in [0.4, 0.5) is 0 Å². The summed E-state index contributed by atoms with van der Waals surface area (Å²) in [4.78, 5) is 8.58. The highest BCUT2D eigenvalue weighted by Crippen LogP contribution is 2.25. The second kappa shape index (κ2) is 8.17. The van der Waals surface area contributed by atoms with Crippen molar-refractivity contribution in [2.45, 2.75) is 33.4 Å². The topological polar surface area (TPSA) is 75.3 Å². The van der Waals surface area contributed by atoms with Gasteiger partial charge in [-0.3, -0.25) is 0 Å². The number of halogens is 2. The zero-order valence-corrected chi connectivity index (χ0v) is 14.7. The SMILES string of the molecule is CCNC(=NCc1noc(C)n1)NC(C)c1ccc(Cl)c(Cl)c1. The van der Waals surface area contributed by atoms with Crippen molar-refractivity contribution in [2.75, 3.05) is 6.54 Å². The minimum absolute atomic E-state index is 0.00886. The quantitative estimate of drug-likeness (QED) is 0.634. The smallest absolute Gasteiger partial charge is 0.223 e. The second-order valence-corrected chi connectivity index (χ2v) is 5.78. The summed E-state index contributed by atoms with van der Waals surface area (Å²) >= 11 is 12.0. The van der Waals surface area contributed by atoms with Crippen molar-refractivity contribution in [1.82, 2.24) is 20.8 Å². The van der Waals surface area contributed by atoms with Crippen LogP contribution in [0.15, 0.2) is 27.7 Å². The molecule has 6 nitrogen and oxygen atoms in total. The van der Waals surface area contributed by atoms with Gasteiger partial charge < -0.3 is 15.2 Å². The Labute approximate surface area is 145 Å². The molecule has 23 heavy (non-hydrogen) atoms. The highest BCUT2D eigenvalue weighted by molar-refractivity contribution is 6.42. The van der Waals surface area contributed by atoms with Crippen molar-refractivity contribution < 1.29 is 4.52 Å². The summed E-state index contributed by atoms with van der Waals surface area (Å²) in [6.07, 6.45) is 0. The molecular formula is C15H19Cl2N5O. The molecule has 0 saturated heterocycles. The first-order chi connectivity index (χ1) is 11.0. The highest BCUT2D eigenvalue weighted by Gasteiger charge is 2.10. The largest absolute Gasteiger partial charge is 0.357 e. The van der Waals surface area contributed by atoms with Crippen molar-refractivity contribution in [3.05, 3.63) is 45.5 Å². The lowest BCUT2D eigenvalue weighted by Crippen LogP contribution is -2.38. The van der Waals surface area contributed by atoms with Gasteiger partial charge in [0, 0.05) is 13.5 Å². The maximum Gasteiger partial charge on any atom is 0.223 e. The molecule has 0 amide bonds.